The van der Waals surface area contributed by atoms with Crippen molar-refractivity contribution in [2.45, 2.75) is 4.90 Å². The quantitative estimate of drug-likeness (QED) is 0.293. The minimum Gasteiger partial charge on any atom is -1.00 e. The molecule has 0 atom stereocenters. The Kier molecular flexibility index (Phi) is 7.67. The van der Waals surface area contributed by atoms with Crippen LogP contribution in [-0.4, -0.2) is 17.9 Å². The van der Waals surface area contributed by atoms with E-state index in [1.807, 2.05) is 0 Å². The molecule has 6 nitrogen and oxygen atoms in total. The van der Waals surface area contributed by atoms with Gasteiger partial charge < -0.3 is 1.43 Å². The molecule has 0 unspecified atom stereocenters. The zero-order valence-corrected chi connectivity index (χ0v) is 11.3. The molecule has 9 heteroatoms. The van der Waals surface area contributed by atoms with E-state index in [1.165, 1.54) is 6.07 Å². The Hall–Kier alpha value is 0.0495. The molecule has 83 valence electrons. The first-order valence-corrected chi connectivity index (χ1v) is 4.57. The van der Waals surface area contributed by atoms with Crippen molar-refractivity contribution in [3.63, 3.8) is 0 Å². The van der Waals surface area contributed by atoms with Gasteiger partial charge in [0.2, 0.25) is 0 Å². The molecule has 0 aromatic heterocycles. The van der Waals surface area contributed by atoms with Gasteiger partial charge in [-0.1, -0.05) is 6.07 Å². The van der Waals surface area contributed by atoms with Crippen LogP contribution in [0.15, 0.2) is 29.2 Å². The van der Waals surface area contributed by atoms with Gasteiger partial charge in [-0.3, -0.25) is 14.7 Å². The van der Waals surface area contributed by atoms with Crippen LogP contribution < -0.4 is 29.6 Å². The second-order valence-corrected chi connectivity index (χ2v) is 3.65. The van der Waals surface area contributed by atoms with Gasteiger partial charge in [-0.15, -0.1) is 0 Å². The SMILES string of the molecule is O=[N+]([O-])c1cccc(S(=O)(=O)O)c1.[Cu].[H-].[Na+]. The minimum atomic E-state index is -4.36. The van der Waals surface area contributed by atoms with Crippen LogP contribution in [0.1, 0.15) is 1.43 Å². The van der Waals surface area contributed by atoms with Gasteiger partial charge in [-0.2, -0.15) is 8.42 Å². The molecule has 0 bridgehead atoms. The summed E-state index contributed by atoms with van der Waals surface area (Å²) in [5.74, 6) is 0. The van der Waals surface area contributed by atoms with E-state index in [1.54, 1.807) is 0 Å². The van der Waals surface area contributed by atoms with Gasteiger partial charge in [-0.25, -0.2) is 0 Å². The van der Waals surface area contributed by atoms with Gasteiger partial charge >= 0.3 is 29.6 Å². The molecular formula is C6H6CuNNaO5S. The van der Waals surface area contributed by atoms with Crippen LogP contribution in [0.4, 0.5) is 5.69 Å². The third kappa shape index (κ3) is 5.07. The molecule has 0 amide bonds. The normalized spacial score (nSPS) is 9.67. The van der Waals surface area contributed by atoms with E-state index in [-0.39, 0.29) is 53.7 Å². The Morgan fingerprint density at radius 2 is 1.93 bits per heavy atom. The first-order chi connectivity index (χ1) is 5.91. The molecule has 0 fully saturated rings. The van der Waals surface area contributed by atoms with Crippen molar-refractivity contribution >= 4 is 15.8 Å². The van der Waals surface area contributed by atoms with Crippen molar-refractivity contribution in [3.8, 4) is 0 Å². The topological polar surface area (TPSA) is 97.5 Å². The van der Waals surface area contributed by atoms with Crippen LogP contribution in [0.5, 0.6) is 0 Å². The first-order valence-electron chi connectivity index (χ1n) is 3.13. The van der Waals surface area contributed by atoms with Crippen molar-refractivity contribution in [1.82, 2.24) is 0 Å². The van der Waals surface area contributed by atoms with E-state index in [4.69, 9.17) is 4.55 Å². The van der Waals surface area contributed by atoms with Crippen LogP contribution in [0.25, 0.3) is 0 Å². The van der Waals surface area contributed by atoms with E-state index < -0.39 is 19.9 Å². The average Bonchev–Trinajstić information content (AvgIpc) is 2.03. The number of non-ortho nitro benzene ring substituents is 1. The van der Waals surface area contributed by atoms with Gasteiger partial charge in [0.25, 0.3) is 15.8 Å². The summed E-state index contributed by atoms with van der Waals surface area (Å²) in [6.45, 7) is 0. The third-order valence-corrected chi connectivity index (χ3v) is 2.18. The number of nitro benzene ring substituents is 1. The second-order valence-electron chi connectivity index (χ2n) is 2.23. The fraction of sp³-hybridized carbons (Fsp3) is 0. The largest absolute Gasteiger partial charge is 1.00 e. The van der Waals surface area contributed by atoms with E-state index in [9.17, 15) is 18.5 Å². The molecule has 1 aromatic rings. The Labute approximate surface area is 120 Å². The average molecular weight is 291 g/mol. The van der Waals surface area contributed by atoms with Gasteiger partial charge in [0.05, 0.1) is 4.92 Å². The number of rotatable bonds is 2. The standard InChI is InChI=1S/C6H5NO5S.Cu.Na.H/c8-7(9)5-2-1-3-6(4-5)13(10,11)12;;;/h1-4H,(H,10,11,12);;;/q;;+1;-1. The molecule has 0 saturated heterocycles. The molecule has 1 rings (SSSR count). The third-order valence-electron chi connectivity index (χ3n) is 1.33. The molecule has 0 aliphatic carbocycles. The van der Waals surface area contributed by atoms with Crippen LogP contribution in [0.3, 0.4) is 0 Å². The molecular weight excluding hydrogens is 285 g/mol. The number of nitrogens with zero attached hydrogens (tertiary/aromatic N) is 1. The predicted octanol–water partition coefficient (Wildman–Crippen LogP) is -2.04. The van der Waals surface area contributed by atoms with Crippen molar-refractivity contribution in [3.05, 3.63) is 34.4 Å². The van der Waals surface area contributed by atoms with Gasteiger partial charge in [0, 0.05) is 29.2 Å². The van der Waals surface area contributed by atoms with Crippen LogP contribution in [-0.2, 0) is 27.2 Å². The van der Waals surface area contributed by atoms with Crippen molar-refractivity contribution in [2.75, 3.05) is 0 Å². The van der Waals surface area contributed by atoms with E-state index >= 15 is 0 Å². The van der Waals surface area contributed by atoms with Gasteiger partial charge in [0.15, 0.2) is 0 Å². The van der Waals surface area contributed by atoms with Crippen LogP contribution in [0, 0.1) is 10.1 Å². The molecule has 0 heterocycles. The molecule has 1 radical (unpaired) electrons. The smallest absolute Gasteiger partial charge is 1.00 e. The summed E-state index contributed by atoms with van der Waals surface area (Å²) < 4.78 is 29.6. The Morgan fingerprint density at radius 1 is 1.40 bits per heavy atom. The Bertz CT molecular complexity index is 454. The minimum absolute atomic E-state index is 0. The maximum absolute atomic E-state index is 10.5. The molecule has 0 spiro atoms. The van der Waals surface area contributed by atoms with E-state index in [2.05, 4.69) is 0 Å². The number of benzene rings is 1. The van der Waals surface area contributed by atoms with Crippen LogP contribution in [0.2, 0.25) is 0 Å². The van der Waals surface area contributed by atoms with Gasteiger partial charge in [-0.05, 0) is 6.07 Å². The Morgan fingerprint density at radius 3 is 2.33 bits per heavy atom. The van der Waals surface area contributed by atoms with E-state index in [0.717, 1.165) is 18.2 Å². The predicted molar refractivity (Wildman–Crippen MR) is 44.0 cm³/mol. The molecule has 1 N–H and O–H groups in total. The molecule has 0 aliphatic rings. The van der Waals surface area contributed by atoms with Gasteiger partial charge in [0.1, 0.15) is 4.90 Å². The second kappa shape index (κ2) is 6.59. The maximum atomic E-state index is 10.5. The Balaban J connectivity index is -0.000000563. The summed E-state index contributed by atoms with van der Waals surface area (Å²) in [7, 11) is -4.36. The van der Waals surface area contributed by atoms with Crippen LogP contribution >= 0.6 is 0 Å². The monoisotopic (exact) mass is 290 g/mol. The first kappa shape index (κ1) is 17.4. The summed E-state index contributed by atoms with van der Waals surface area (Å²) in [6.07, 6.45) is 0. The zero-order chi connectivity index (χ0) is 10.1. The van der Waals surface area contributed by atoms with E-state index in [0.29, 0.717) is 0 Å². The van der Waals surface area contributed by atoms with Crippen molar-refractivity contribution in [2.24, 2.45) is 0 Å². The molecule has 15 heavy (non-hydrogen) atoms. The summed E-state index contributed by atoms with van der Waals surface area (Å²) in [5.41, 5.74) is -0.380. The van der Waals surface area contributed by atoms with Crippen molar-refractivity contribution in [1.29, 1.82) is 0 Å². The zero-order valence-electron chi connectivity index (χ0n) is 8.55. The maximum Gasteiger partial charge on any atom is 1.00 e. The number of nitro groups is 1. The molecule has 0 aliphatic heterocycles. The fourth-order valence-electron chi connectivity index (χ4n) is 0.758. The fourth-order valence-corrected chi connectivity index (χ4v) is 1.28. The summed E-state index contributed by atoms with van der Waals surface area (Å²) in [5, 5.41) is 10.2. The summed E-state index contributed by atoms with van der Waals surface area (Å²) >= 11 is 0. The summed E-state index contributed by atoms with van der Waals surface area (Å²) in [4.78, 5) is 8.98. The molecule has 1 aromatic carbocycles. The number of hydrogen-bond acceptors (Lipinski definition) is 4. The molecule has 0 saturated carbocycles. The van der Waals surface area contributed by atoms with Crippen molar-refractivity contribution < 1.29 is 65.9 Å². The number of hydrogen-bond donors (Lipinski definition) is 1. The summed E-state index contributed by atoms with van der Waals surface area (Å²) in [6, 6.07) is 4.17.